The Morgan fingerprint density at radius 3 is 2.81 bits per heavy atom. The molecule has 0 saturated heterocycles. The summed E-state index contributed by atoms with van der Waals surface area (Å²) in [4.78, 5) is 16.5. The average molecular weight is 279 g/mol. The molecule has 4 heteroatoms. The second kappa shape index (κ2) is 5.40. The van der Waals surface area contributed by atoms with Crippen molar-refractivity contribution in [3.8, 4) is 0 Å². The van der Waals surface area contributed by atoms with Gasteiger partial charge in [0.25, 0.3) is 5.56 Å². The third-order valence-corrected chi connectivity index (χ3v) is 3.59. The molecule has 21 heavy (non-hydrogen) atoms. The van der Waals surface area contributed by atoms with Crippen LogP contribution in [0.15, 0.2) is 53.5 Å². The van der Waals surface area contributed by atoms with Crippen molar-refractivity contribution < 1.29 is 0 Å². The van der Waals surface area contributed by atoms with Crippen LogP contribution in [0, 0.1) is 6.92 Å². The largest absolute Gasteiger partial charge is 0.381 e. The second-order valence-electron chi connectivity index (χ2n) is 5.13. The molecular weight excluding hydrogens is 262 g/mol. The molecule has 106 valence electrons. The maximum Gasteiger partial charge on any atom is 0.255 e. The summed E-state index contributed by atoms with van der Waals surface area (Å²) in [5, 5.41) is 4.35. The molecule has 0 aliphatic rings. The first-order valence-electron chi connectivity index (χ1n) is 6.89. The predicted molar refractivity (Wildman–Crippen MR) is 85.5 cm³/mol. The number of rotatable bonds is 3. The molecule has 0 spiro atoms. The first kappa shape index (κ1) is 13.4. The Morgan fingerprint density at radius 2 is 2.00 bits per heavy atom. The van der Waals surface area contributed by atoms with E-state index in [4.69, 9.17) is 0 Å². The van der Waals surface area contributed by atoms with Crippen LogP contribution in [0.5, 0.6) is 0 Å². The van der Waals surface area contributed by atoms with E-state index in [1.54, 1.807) is 10.8 Å². The highest BCUT2D eigenvalue weighted by Crippen LogP contribution is 2.14. The summed E-state index contributed by atoms with van der Waals surface area (Å²) < 4.78 is 1.70. The molecular formula is C17H17N3O. The topological polar surface area (TPSA) is 46.9 Å². The summed E-state index contributed by atoms with van der Waals surface area (Å²) in [6.45, 7) is 2.45. The van der Waals surface area contributed by atoms with E-state index in [2.05, 4.69) is 10.3 Å². The van der Waals surface area contributed by atoms with E-state index >= 15 is 0 Å². The van der Waals surface area contributed by atoms with E-state index in [1.165, 1.54) is 0 Å². The molecule has 1 aromatic carbocycles. The lowest BCUT2D eigenvalue weighted by atomic mass is 10.1. The Balaban J connectivity index is 1.94. The molecule has 3 aromatic rings. The zero-order chi connectivity index (χ0) is 14.8. The van der Waals surface area contributed by atoms with Gasteiger partial charge in [0, 0.05) is 36.7 Å². The SMILES string of the molecule is Cc1cc(NCc2cc3ccccc3n(C)c2=O)ccn1. The molecule has 0 aliphatic carbocycles. The zero-order valence-electron chi connectivity index (χ0n) is 12.1. The van der Waals surface area contributed by atoms with E-state index in [9.17, 15) is 4.79 Å². The standard InChI is InChI=1S/C17H17N3O/c1-12-9-15(7-8-18-12)19-11-14-10-13-5-3-4-6-16(13)20(2)17(14)21/h3-10H,11H2,1-2H3,(H,18,19). The van der Waals surface area contributed by atoms with Gasteiger partial charge in [-0.3, -0.25) is 9.78 Å². The van der Waals surface area contributed by atoms with Gasteiger partial charge < -0.3 is 9.88 Å². The van der Waals surface area contributed by atoms with Gasteiger partial charge in [0.05, 0.1) is 5.52 Å². The third kappa shape index (κ3) is 2.65. The van der Waals surface area contributed by atoms with Gasteiger partial charge in [0.2, 0.25) is 0 Å². The number of aryl methyl sites for hydroxylation is 2. The summed E-state index contributed by atoms with van der Waals surface area (Å²) >= 11 is 0. The molecule has 0 atom stereocenters. The minimum Gasteiger partial charge on any atom is -0.381 e. The number of nitrogens with zero attached hydrogens (tertiary/aromatic N) is 2. The average Bonchev–Trinajstić information content (AvgIpc) is 2.50. The molecule has 0 aliphatic heterocycles. The van der Waals surface area contributed by atoms with Gasteiger partial charge in [-0.1, -0.05) is 18.2 Å². The van der Waals surface area contributed by atoms with Crippen LogP contribution in [0.2, 0.25) is 0 Å². The lowest BCUT2D eigenvalue weighted by Gasteiger charge is -2.10. The van der Waals surface area contributed by atoms with Gasteiger partial charge in [-0.15, -0.1) is 0 Å². The monoisotopic (exact) mass is 279 g/mol. The van der Waals surface area contributed by atoms with Crippen molar-refractivity contribution in [2.24, 2.45) is 7.05 Å². The van der Waals surface area contributed by atoms with Crippen LogP contribution in [0.1, 0.15) is 11.3 Å². The van der Waals surface area contributed by atoms with Gasteiger partial charge in [-0.25, -0.2) is 0 Å². The molecule has 0 saturated carbocycles. The molecule has 0 unspecified atom stereocenters. The smallest absolute Gasteiger partial charge is 0.255 e. The summed E-state index contributed by atoms with van der Waals surface area (Å²) in [7, 11) is 1.81. The van der Waals surface area contributed by atoms with Crippen molar-refractivity contribution >= 4 is 16.6 Å². The Labute approximate surface area is 123 Å². The Bertz CT molecular complexity index is 852. The molecule has 4 nitrogen and oxygen atoms in total. The van der Waals surface area contributed by atoms with Gasteiger partial charge in [-0.2, -0.15) is 0 Å². The van der Waals surface area contributed by atoms with Crippen LogP contribution in [0.3, 0.4) is 0 Å². The van der Waals surface area contributed by atoms with Gasteiger partial charge >= 0.3 is 0 Å². The summed E-state index contributed by atoms with van der Waals surface area (Å²) in [5.41, 5.74) is 3.66. The maximum atomic E-state index is 12.4. The maximum absolute atomic E-state index is 12.4. The fraction of sp³-hybridized carbons (Fsp3) is 0.176. The summed E-state index contributed by atoms with van der Waals surface area (Å²) in [6.07, 6.45) is 1.76. The van der Waals surface area contributed by atoms with Crippen molar-refractivity contribution in [3.05, 3.63) is 70.3 Å². The summed E-state index contributed by atoms with van der Waals surface area (Å²) in [6, 6.07) is 13.7. The normalized spacial score (nSPS) is 10.8. The Hall–Kier alpha value is -2.62. The van der Waals surface area contributed by atoms with Crippen molar-refractivity contribution in [2.75, 3.05) is 5.32 Å². The second-order valence-corrected chi connectivity index (χ2v) is 5.13. The van der Waals surface area contributed by atoms with E-state index in [0.29, 0.717) is 6.54 Å². The first-order valence-corrected chi connectivity index (χ1v) is 6.89. The van der Waals surface area contributed by atoms with E-state index < -0.39 is 0 Å². The molecule has 0 radical (unpaired) electrons. The number of para-hydroxylation sites is 1. The van der Waals surface area contributed by atoms with Gasteiger partial charge in [0.15, 0.2) is 0 Å². The van der Waals surface area contributed by atoms with Crippen molar-refractivity contribution in [1.82, 2.24) is 9.55 Å². The van der Waals surface area contributed by atoms with Gasteiger partial charge in [-0.05, 0) is 36.6 Å². The highest BCUT2D eigenvalue weighted by atomic mass is 16.1. The molecule has 0 bridgehead atoms. The zero-order valence-corrected chi connectivity index (χ0v) is 12.1. The van der Waals surface area contributed by atoms with Crippen molar-refractivity contribution in [2.45, 2.75) is 13.5 Å². The molecule has 0 amide bonds. The predicted octanol–water partition coefficient (Wildman–Crippen LogP) is 2.85. The number of aromatic nitrogens is 2. The van der Waals surface area contributed by atoms with Crippen LogP contribution in [0.4, 0.5) is 5.69 Å². The first-order chi connectivity index (χ1) is 10.1. The quantitative estimate of drug-likeness (QED) is 0.802. The molecule has 0 fully saturated rings. The Kier molecular flexibility index (Phi) is 3.44. The van der Waals surface area contributed by atoms with Gasteiger partial charge in [0.1, 0.15) is 0 Å². The molecule has 2 aromatic heterocycles. The minimum absolute atomic E-state index is 0.0342. The Morgan fingerprint density at radius 1 is 1.19 bits per heavy atom. The lowest BCUT2D eigenvalue weighted by Crippen LogP contribution is -2.23. The van der Waals surface area contributed by atoms with Crippen molar-refractivity contribution in [1.29, 1.82) is 0 Å². The number of nitrogens with one attached hydrogen (secondary N) is 1. The van der Waals surface area contributed by atoms with E-state index in [0.717, 1.165) is 27.8 Å². The number of benzene rings is 1. The van der Waals surface area contributed by atoms with Crippen LogP contribution >= 0.6 is 0 Å². The molecule has 2 heterocycles. The highest BCUT2D eigenvalue weighted by molar-refractivity contribution is 5.79. The number of hydrogen-bond donors (Lipinski definition) is 1. The molecule has 3 rings (SSSR count). The lowest BCUT2D eigenvalue weighted by molar-refractivity contribution is 0.878. The fourth-order valence-electron chi connectivity index (χ4n) is 2.47. The van der Waals surface area contributed by atoms with Crippen LogP contribution < -0.4 is 10.9 Å². The number of fused-ring (bicyclic) bond motifs is 1. The van der Waals surface area contributed by atoms with E-state index in [1.807, 2.05) is 56.4 Å². The number of anilines is 1. The number of pyridine rings is 2. The van der Waals surface area contributed by atoms with Crippen LogP contribution in [-0.4, -0.2) is 9.55 Å². The van der Waals surface area contributed by atoms with Crippen LogP contribution in [0.25, 0.3) is 10.9 Å². The van der Waals surface area contributed by atoms with Crippen LogP contribution in [-0.2, 0) is 13.6 Å². The summed E-state index contributed by atoms with van der Waals surface area (Å²) in [5.74, 6) is 0. The highest BCUT2D eigenvalue weighted by Gasteiger charge is 2.06. The number of hydrogen-bond acceptors (Lipinski definition) is 3. The minimum atomic E-state index is 0.0342. The fourth-order valence-corrected chi connectivity index (χ4v) is 2.47. The molecule has 1 N–H and O–H groups in total. The third-order valence-electron chi connectivity index (χ3n) is 3.59. The van der Waals surface area contributed by atoms with Crippen molar-refractivity contribution in [3.63, 3.8) is 0 Å². The van der Waals surface area contributed by atoms with E-state index in [-0.39, 0.29) is 5.56 Å².